The van der Waals surface area contributed by atoms with Gasteiger partial charge in [-0.1, -0.05) is 18.2 Å². The van der Waals surface area contributed by atoms with Crippen LogP contribution in [0.2, 0.25) is 0 Å². The van der Waals surface area contributed by atoms with Crippen molar-refractivity contribution in [2.45, 2.75) is 58.0 Å². The van der Waals surface area contributed by atoms with Gasteiger partial charge in [-0.2, -0.15) is 10.2 Å². The summed E-state index contributed by atoms with van der Waals surface area (Å²) in [5, 5.41) is 12.0. The Balaban J connectivity index is 1.24. The van der Waals surface area contributed by atoms with Crippen LogP contribution in [0.3, 0.4) is 0 Å². The molecular weight excluding hydrogens is 450 g/mol. The summed E-state index contributed by atoms with van der Waals surface area (Å²) in [7, 11) is 1.91. The Bertz CT molecular complexity index is 1340. The summed E-state index contributed by atoms with van der Waals surface area (Å²) in [5.74, 6) is 0.946. The van der Waals surface area contributed by atoms with Crippen molar-refractivity contribution in [2.75, 3.05) is 0 Å². The smallest absolute Gasteiger partial charge is 0.223 e. The quantitative estimate of drug-likeness (QED) is 0.429. The molecule has 8 heteroatoms. The third-order valence-electron chi connectivity index (χ3n) is 6.69. The third kappa shape index (κ3) is 5.37. The molecule has 3 heterocycles. The van der Waals surface area contributed by atoms with Crippen molar-refractivity contribution in [1.82, 2.24) is 34.8 Å². The molecule has 8 nitrogen and oxygen atoms in total. The number of amides is 1. The Kier molecular flexibility index (Phi) is 6.43. The third-order valence-corrected chi connectivity index (χ3v) is 6.69. The van der Waals surface area contributed by atoms with Gasteiger partial charge in [-0.3, -0.25) is 14.2 Å². The fraction of sp³-hybridized carbons (Fsp3) is 0.393. The molecule has 1 fully saturated rings. The van der Waals surface area contributed by atoms with E-state index in [0.717, 1.165) is 53.5 Å². The van der Waals surface area contributed by atoms with Crippen LogP contribution in [0.1, 0.15) is 52.5 Å². The number of nitrogens with one attached hydrogen (secondary N) is 1. The van der Waals surface area contributed by atoms with Crippen LogP contribution in [-0.2, 0) is 11.8 Å². The van der Waals surface area contributed by atoms with Crippen LogP contribution >= 0.6 is 0 Å². The number of nitrogens with zero attached hydrogens (tertiary/aromatic N) is 6. The van der Waals surface area contributed by atoms with Gasteiger partial charge in [0.2, 0.25) is 5.91 Å². The number of carbonyl (C=O) groups excluding carboxylic acids is 1. The Morgan fingerprint density at radius 1 is 0.861 bits per heavy atom. The topological polar surface area (TPSA) is 90.5 Å². The van der Waals surface area contributed by atoms with Gasteiger partial charge in [-0.15, -0.1) is 0 Å². The van der Waals surface area contributed by atoms with E-state index in [4.69, 9.17) is 0 Å². The summed E-state index contributed by atoms with van der Waals surface area (Å²) in [6.45, 7) is 6.08. The van der Waals surface area contributed by atoms with Gasteiger partial charge in [0.25, 0.3) is 0 Å². The zero-order valence-electron chi connectivity index (χ0n) is 21.3. The van der Waals surface area contributed by atoms with Crippen LogP contribution in [0.25, 0.3) is 33.6 Å². The summed E-state index contributed by atoms with van der Waals surface area (Å²) in [4.78, 5) is 21.8. The van der Waals surface area contributed by atoms with E-state index >= 15 is 0 Å². The lowest BCUT2D eigenvalue weighted by Gasteiger charge is -2.30. The molecule has 0 spiro atoms. The molecule has 0 aliphatic heterocycles. The van der Waals surface area contributed by atoms with Crippen LogP contribution in [0.15, 0.2) is 61.4 Å². The Hall–Kier alpha value is -3.81. The first-order valence-electron chi connectivity index (χ1n) is 12.5. The molecule has 1 aromatic carbocycles. The van der Waals surface area contributed by atoms with Crippen LogP contribution in [0.4, 0.5) is 0 Å². The number of hydrogen-bond donors (Lipinski definition) is 1. The predicted octanol–water partition coefficient (Wildman–Crippen LogP) is 5.05. The highest BCUT2D eigenvalue weighted by Gasteiger charge is 2.29. The zero-order valence-corrected chi connectivity index (χ0v) is 21.3. The first kappa shape index (κ1) is 23.9. The summed E-state index contributed by atoms with van der Waals surface area (Å²) in [6, 6.07) is 8.49. The van der Waals surface area contributed by atoms with Crippen LogP contribution in [0, 0.1) is 5.92 Å². The Labute approximate surface area is 211 Å². The number of carbonyl (C=O) groups is 1. The summed E-state index contributed by atoms with van der Waals surface area (Å²) in [6.07, 6.45) is 15.2. The summed E-state index contributed by atoms with van der Waals surface area (Å²) >= 11 is 0. The monoisotopic (exact) mass is 483 g/mol. The van der Waals surface area contributed by atoms with E-state index in [-0.39, 0.29) is 17.4 Å². The first-order valence-corrected chi connectivity index (χ1v) is 12.5. The summed E-state index contributed by atoms with van der Waals surface area (Å²) in [5.41, 5.74) is 4.85. The van der Waals surface area contributed by atoms with Crippen molar-refractivity contribution in [1.29, 1.82) is 0 Å². The van der Waals surface area contributed by atoms with Crippen molar-refractivity contribution in [3.63, 3.8) is 0 Å². The van der Waals surface area contributed by atoms with E-state index in [1.165, 1.54) is 0 Å². The molecular formula is C28H33N7O. The van der Waals surface area contributed by atoms with E-state index in [1.54, 1.807) is 4.68 Å². The van der Waals surface area contributed by atoms with Gasteiger partial charge in [-0.25, -0.2) is 9.97 Å². The average molecular weight is 484 g/mol. The number of aryl methyl sites for hydroxylation is 1. The van der Waals surface area contributed by atoms with Crippen LogP contribution < -0.4 is 5.32 Å². The highest BCUT2D eigenvalue weighted by molar-refractivity contribution is 5.79. The molecule has 0 bridgehead atoms. The fourth-order valence-corrected chi connectivity index (χ4v) is 4.80. The standard InChI is InChI=1S/C28H33N7O/c1-28(2,3)33-27(36)19-8-10-25(11-9-19)35-18-24(16-32-35)22-13-29-26(30-14-22)21-7-5-6-20(12-21)23-15-31-34(4)17-23/h5-7,12-19,25H,8-11H2,1-4H3,(H,33,36). The molecule has 5 rings (SSSR count). The molecule has 186 valence electrons. The van der Waals surface area contributed by atoms with Gasteiger partial charge in [-0.05, 0) is 58.1 Å². The first-order chi connectivity index (χ1) is 17.2. The molecule has 0 unspecified atom stereocenters. The normalized spacial score (nSPS) is 18.2. The molecule has 4 aromatic rings. The minimum atomic E-state index is -0.190. The molecule has 0 saturated heterocycles. The van der Waals surface area contributed by atoms with Gasteiger partial charge < -0.3 is 5.32 Å². The average Bonchev–Trinajstić information content (AvgIpc) is 3.53. The maximum atomic E-state index is 12.5. The van der Waals surface area contributed by atoms with Crippen molar-refractivity contribution in [3.05, 3.63) is 61.4 Å². The molecule has 36 heavy (non-hydrogen) atoms. The number of hydrogen-bond acceptors (Lipinski definition) is 5. The van der Waals surface area contributed by atoms with E-state index < -0.39 is 0 Å². The molecule has 1 aliphatic rings. The van der Waals surface area contributed by atoms with Crippen molar-refractivity contribution in [2.24, 2.45) is 13.0 Å². The molecule has 1 N–H and O–H groups in total. The van der Waals surface area contributed by atoms with Crippen LogP contribution in [0.5, 0.6) is 0 Å². The number of rotatable bonds is 5. The number of benzene rings is 1. The van der Waals surface area contributed by atoms with Gasteiger partial charge in [0.05, 0.1) is 18.4 Å². The van der Waals surface area contributed by atoms with Gasteiger partial charge in [0.1, 0.15) is 0 Å². The van der Waals surface area contributed by atoms with Gasteiger partial charge >= 0.3 is 0 Å². The Morgan fingerprint density at radius 3 is 2.19 bits per heavy atom. The van der Waals surface area contributed by atoms with E-state index in [2.05, 4.69) is 43.8 Å². The molecule has 1 saturated carbocycles. The second-order valence-electron chi connectivity index (χ2n) is 10.7. The van der Waals surface area contributed by atoms with E-state index in [0.29, 0.717) is 11.9 Å². The van der Waals surface area contributed by atoms with Crippen molar-refractivity contribution < 1.29 is 4.79 Å². The highest BCUT2D eigenvalue weighted by atomic mass is 16.2. The predicted molar refractivity (Wildman–Crippen MR) is 140 cm³/mol. The van der Waals surface area contributed by atoms with Gasteiger partial charge in [0, 0.05) is 65.5 Å². The lowest BCUT2D eigenvalue weighted by molar-refractivity contribution is -0.127. The largest absolute Gasteiger partial charge is 0.351 e. The molecule has 0 radical (unpaired) electrons. The van der Waals surface area contributed by atoms with Crippen LogP contribution in [-0.4, -0.2) is 41.0 Å². The molecule has 3 aromatic heterocycles. The molecule has 1 aliphatic carbocycles. The minimum Gasteiger partial charge on any atom is -0.351 e. The van der Waals surface area contributed by atoms with E-state index in [9.17, 15) is 4.79 Å². The van der Waals surface area contributed by atoms with Crippen molar-refractivity contribution >= 4 is 5.91 Å². The highest BCUT2D eigenvalue weighted by Crippen LogP contribution is 2.33. The maximum Gasteiger partial charge on any atom is 0.223 e. The Morgan fingerprint density at radius 2 is 1.53 bits per heavy atom. The lowest BCUT2D eigenvalue weighted by Crippen LogP contribution is -2.44. The maximum absolute atomic E-state index is 12.5. The fourth-order valence-electron chi connectivity index (χ4n) is 4.80. The molecule has 0 atom stereocenters. The minimum absolute atomic E-state index is 0.0908. The zero-order chi connectivity index (χ0) is 25.3. The van der Waals surface area contributed by atoms with Gasteiger partial charge in [0.15, 0.2) is 5.82 Å². The van der Waals surface area contributed by atoms with E-state index in [1.807, 2.05) is 75.6 Å². The second kappa shape index (κ2) is 9.68. The second-order valence-corrected chi connectivity index (χ2v) is 10.7. The SMILES string of the molecule is Cn1cc(-c2cccc(-c3ncc(-c4cnn(C5CCC(C(=O)NC(C)(C)C)CC5)c4)cn3)c2)cn1. The van der Waals surface area contributed by atoms with Crippen molar-refractivity contribution in [3.8, 4) is 33.6 Å². The lowest BCUT2D eigenvalue weighted by atomic mass is 9.85. The molecule has 1 amide bonds. The number of aromatic nitrogens is 6. The summed E-state index contributed by atoms with van der Waals surface area (Å²) < 4.78 is 3.83.